The van der Waals surface area contributed by atoms with E-state index in [1.165, 1.54) is 0 Å². The first kappa shape index (κ1) is 31.4. The lowest BCUT2D eigenvalue weighted by Gasteiger charge is -2.24. The van der Waals surface area contributed by atoms with Gasteiger partial charge in [0.25, 0.3) is 7.44 Å². The molecule has 0 aliphatic carbocycles. The molecular formula is C30H41N2O7P. The summed E-state index contributed by atoms with van der Waals surface area (Å²) in [7, 11) is -3.85. The number of hydrogen-bond acceptors (Lipinski definition) is 7. The normalized spacial score (nSPS) is 13.4. The Hall–Kier alpha value is -3.13. The predicted molar refractivity (Wildman–Crippen MR) is 156 cm³/mol. The summed E-state index contributed by atoms with van der Waals surface area (Å²) in [4.78, 5) is 24.8. The van der Waals surface area contributed by atoms with Gasteiger partial charge in [-0.05, 0) is 99.9 Å². The van der Waals surface area contributed by atoms with Crippen LogP contribution in [0, 0.1) is 13.8 Å². The molecule has 0 amide bonds. The van der Waals surface area contributed by atoms with E-state index >= 15 is 0 Å². The zero-order valence-corrected chi connectivity index (χ0v) is 25.5. The van der Waals surface area contributed by atoms with E-state index in [2.05, 4.69) is 10.2 Å². The average Bonchev–Trinajstić information content (AvgIpc) is 3.32. The Morgan fingerprint density at radius 3 is 2.05 bits per heavy atom. The second kappa shape index (κ2) is 13.0. The number of phenolic OH excluding ortho intramolecular Hbond substituents is 1. The third kappa shape index (κ3) is 6.95. The Morgan fingerprint density at radius 1 is 0.950 bits per heavy atom. The molecular weight excluding hydrogens is 531 g/mol. The fourth-order valence-corrected chi connectivity index (χ4v) is 6.86. The van der Waals surface area contributed by atoms with Gasteiger partial charge in [-0.1, -0.05) is 26.0 Å². The number of carbonyl (C=O) groups excluding carboxylic acids is 2. The van der Waals surface area contributed by atoms with Crippen molar-refractivity contribution in [2.24, 2.45) is 0 Å². The number of aromatic hydroxyl groups is 1. The van der Waals surface area contributed by atoms with Crippen LogP contribution in [-0.4, -0.2) is 42.3 Å². The Labute approximate surface area is 236 Å². The highest BCUT2D eigenvalue weighted by molar-refractivity contribution is 7.67. The number of aryl methyl sites for hydroxylation is 2. The Bertz CT molecular complexity index is 1400. The molecule has 0 saturated heterocycles. The number of furan rings is 1. The van der Waals surface area contributed by atoms with Crippen molar-refractivity contribution in [1.82, 2.24) is 10.2 Å². The van der Waals surface area contributed by atoms with Crippen molar-refractivity contribution in [1.29, 1.82) is 0 Å². The number of esters is 2. The lowest BCUT2D eigenvalue weighted by molar-refractivity contribution is -0.145. The molecule has 40 heavy (non-hydrogen) atoms. The highest BCUT2D eigenvalue weighted by Gasteiger charge is 2.36. The van der Waals surface area contributed by atoms with E-state index in [9.17, 15) is 19.3 Å². The molecule has 1 heterocycles. The van der Waals surface area contributed by atoms with E-state index < -0.39 is 31.5 Å². The molecule has 10 heteroatoms. The molecule has 0 saturated carbocycles. The Morgan fingerprint density at radius 2 is 1.52 bits per heavy atom. The summed E-state index contributed by atoms with van der Waals surface area (Å²) in [6.45, 7) is 14.9. The van der Waals surface area contributed by atoms with E-state index in [4.69, 9.17) is 13.9 Å². The summed E-state index contributed by atoms with van der Waals surface area (Å²) in [6.07, 6.45) is 0.641. The van der Waals surface area contributed by atoms with Crippen molar-refractivity contribution in [3.05, 3.63) is 58.1 Å². The summed E-state index contributed by atoms with van der Waals surface area (Å²) in [5.74, 6) is -0.682. The van der Waals surface area contributed by atoms with Crippen molar-refractivity contribution >= 4 is 35.9 Å². The minimum atomic E-state index is -3.85. The number of carbonyl (C=O) groups is 2. The Balaban J connectivity index is 2.06. The topological polar surface area (TPSA) is 127 Å². The molecule has 218 valence electrons. The highest BCUT2D eigenvalue weighted by Crippen LogP contribution is 2.40. The number of benzene rings is 2. The number of ether oxygens (including phenoxy) is 2. The minimum Gasteiger partial charge on any atom is -0.508 e. The van der Waals surface area contributed by atoms with E-state index in [1.54, 1.807) is 39.8 Å². The van der Waals surface area contributed by atoms with Crippen LogP contribution in [0.5, 0.6) is 5.75 Å². The molecule has 3 aromatic rings. The molecule has 3 rings (SSSR count). The van der Waals surface area contributed by atoms with Gasteiger partial charge in [0.1, 0.15) is 23.4 Å². The van der Waals surface area contributed by atoms with Crippen LogP contribution >= 0.6 is 7.44 Å². The van der Waals surface area contributed by atoms with Crippen LogP contribution < -0.4 is 15.7 Å². The van der Waals surface area contributed by atoms with Crippen molar-refractivity contribution < 1.29 is 33.2 Å². The molecule has 9 nitrogen and oxygen atoms in total. The number of nitrogens with one attached hydrogen (secondary N) is 2. The van der Waals surface area contributed by atoms with E-state index in [1.807, 2.05) is 45.9 Å². The highest BCUT2D eigenvalue weighted by atomic mass is 31.2. The Kier molecular flexibility index (Phi) is 10.2. The SMILES string of the molecule is CCOC(=O)[C@H](C)NP(=O)(N[C@@H](C)C(=O)OCC)c1cc2c(C)c(Cc3ccc(O)c(C(C)C)c3)c(C)cc2o1. The molecule has 1 aromatic heterocycles. The summed E-state index contributed by atoms with van der Waals surface area (Å²) >= 11 is 0. The van der Waals surface area contributed by atoms with Crippen LogP contribution in [0.2, 0.25) is 0 Å². The third-order valence-corrected chi connectivity index (χ3v) is 9.21. The quantitative estimate of drug-likeness (QED) is 0.194. The molecule has 0 spiro atoms. The summed E-state index contributed by atoms with van der Waals surface area (Å²) in [5.41, 5.74) is 5.64. The van der Waals surface area contributed by atoms with Gasteiger partial charge in [0.2, 0.25) is 0 Å². The second-order valence-electron chi connectivity index (χ2n) is 10.3. The largest absolute Gasteiger partial charge is 0.508 e. The smallest absolute Gasteiger partial charge is 0.323 e. The van der Waals surface area contributed by atoms with Crippen LogP contribution in [-0.2, 0) is 30.0 Å². The molecule has 0 aliphatic rings. The van der Waals surface area contributed by atoms with Gasteiger partial charge in [0.05, 0.1) is 13.2 Å². The van der Waals surface area contributed by atoms with Crippen LogP contribution in [0.3, 0.4) is 0 Å². The standard InChI is InChI=1S/C30H41N2O7P/c1-9-37-29(34)20(7)31-40(36,32-21(8)30(35)38-10-2)28-16-25-19(6)24(18(5)13-27(25)39-28)15-22-11-12-26(33)23(14-22)17(3)4/h11-14,16-17,20-21,33H,9-10,15H2,1-8H3,(H2,31,32,36)/t20-,21-/m0/s1. The summed E-state index contributed by atoms with van der Waals surface area (Å²) in [6, 6.07) is 7.39. The number of rotatable bonds is 12. The van der Waals surface area contributed by atoms with Crippen LogP contribution in [0.15, 0.2) is 34.7 Å². The van der Waals surface area contributed by atoms with Gasteiger partial charge in [0, 0.05) is 5.39 Å². The van der Waals surface area contributed by atoms with Gasteiger partial charge in [-0.15, -0.1) is 0 Å². The van der Waals surface area contributed by atoms with E-state index in [0.717, 1.165) is 33.2 Å². The zero-order valence-electron chi connectivity index (χ0n) is 24.6. The lowest BCUT2D eigenvalue weighted by atomic mass is 9.91. The van der Waals surface area contributed by atoms with Crippen molar-refractivity contribution in [2.75, 3.05) is 13.2 Å². The molecule has 0 aliphatic heterocycles. The minimum absolute atomic E-state index is 0.0844. The number of fused-ring (bicyclic) bond motifs is 1. The third-order valence-electron chi connectivity index (χ3n) is 6.86. The van der Waals surface area contributed by atoms with E-state index in [-0.39, 0.29) is 30.4 Å². The van der Waals surface area contributed by atoms with Crippen LogP contribution in [0.25, 0.3) is 11.0 Å². The fraction of sp³-hybridized carbons (Fsp3) is 0.467. The van der Waals surface area contributed by atoms with Gasteiger partial charge < -0.3 is 19.0 Å². The maximum Gasteiger partial charge on any atom is 0.323 e. The average molecular weight is 573 g/mol. The summed E-state index contributed by atoms with van der Waals surface area (Å²) < 4.78 is 30.7. The first-order chi connectivity index (χ1) is 18.8. The zero-order chi connectivity index (χ0) is 29.8. The second-order valence-corrected chi connectivity index (χ2v) is 12.5. The van der Waals surface area contributed by atoms with E-state index in [0.29, 0.717) is 12.0 Å². The maximum absolute atomic E-state index is 14.4. The van der Waals surface area contributed by atoms with Crippen LogP contribution in [0.1, 0.15) is 75.3 Å². The van der Waals surface area contributed by atoms with Gasteiger partial charge in [-0.25, -0.2) is 10.2 Å². The first-order valence-electron chi connectivity index (χ1n) is 13.6. The fourth-order valence-electron chi connectivity index (χ4n) is 4.69. The number of hydrogen-bond donors (Lipinski definition) is 3. The molecule has 2 aromatic carbocycles. The van der Waals surface area contributed by atoms with Gasteiger partial charge in [0.15, 0.2) is 5.50 Å². The van der Waals surface area contributed by atoms with Crippen molar-refractivity contribution in [2.45, 2.75) is 79.8 Å². The maximum atomic E-state index is 14.4. The van der Waals surface area contributed by atoms with Crippen LogP contribution in [0.4, 0.5) is 0 Å². The number of phenols is 1. The lowest BCUT2D eigenvalue weighted by Crippen LogP contribution is -2.44. The van der Waals surface area contributed by atoms with Gasteiger partial charge in [-0.3, -0.25) is 14.2 Å². The monoisotopic (exact) mass is 572 g/mol. The van der Waals surface area contributed by atoms with Crippen molar-refractivity contribution in [3.63, 3.8) is 0 Å². The molecule has 0 bridgehead atoms. The molecule has 3 N–H and O–H groups in total. The van der Waals surface area contributed by atoms with Crippen molar-refractivity contribution in [3.8, 4) is 5.75 Å². The summed E-state index contributed by atoms with van der Waals surface area (Å²) in [5, 5.41) is 16.7. The molecule has 2 atom stereocenters. The van der Waals surface area contributed by atoms with Gasteiger partial charge >= 0.3 is 11.9 Å². The molecule has 0 unspecified atom stereocenters. The predicted octanol–water partition coefficient (Wildman–Crippen LogP) is 5.37. The molecule has 0 radical (unpaired) electrons. The molecule has 0 fully saturated rings. The van der Waals surface area contributed by atoms with Gasteiger partial charge in [-0.2, -0.15) is 0 Å². The first-order valence-corrected chi connectivity index (χ1v) is 15.4.